The topological polar surface area (TPSA) is 90.7 Å². The molecule has 0 fully saturated rings. The molecule has 0 bridgehead atoms. The minimum atomic E-state index is -0.871. The number of benzene rings is 2. The summed E-state index contributed by atoms with van der Waals surface area (Å²) in [5, 5.41) is 3.10. The summed E-state index contributed by atoms with van der Waals surface area (Å²) in [7, 11) is 1.52. The number of methoxy groups -OCH3 is 1. The molecule has 25 heavy (non-hydrogen) atoms. The Labute approximate surface area is 150 Å². The molecule has 0 spiro atoms. The van der Waals surface area contributed by atoms with Crippen LogP contribution >= 0.6 is 11.6 Å². The predicted molar refractivity (Wildman–Crippen MR) is 96.4 cm³/mol. The lowest BCUT2D eigenvalue weighted by Gasteiger charge is -2.18. The zero-order valence-electron chi connectivity index (χ0n) is 14.1. The van der Waals surface area contributed by atoms with Crippen LogP contribution in [0.5, 0.6) is 11.5 Å². The van der Waals surface area contributed by atoms with Crippen LogP contribution in [0.2, 0.25) is 5.02 Å². The second-order valence-electron chi connectivity index (χ2n) is 5.46. The summed E-state index contributed by atoms with van der Waals surface area (Å²) in [4.78, 5) is 23.9. The molecular formula is C18H19ClN2O4. The van der Waals surface area contributed by atoms with Crippen molar-refractivity contribution >= 4 is 29.1 Å². The average Bonchev–Trinajstić information content (AvgIpc) is 2.56. The quantitative estimate of drug-likeness (QED) is 0.825. The van der Waals surface area contributed by atoms with Gasteiger partial charge in [-0.3, -0.25) is 9.59 Å². The monoisotopic (exact) mass is 362 g/mol. The third-order valence-electron chi connectivity index (χ3n) is 3.49. The van der Waals surface area contributed by atoms with Gasteiger partial charge in [-0.05, 0) is 49.7 Å². The van der Waals surface area contributed by atoms with Crippen molar-refractivity contribution in [2.75, 3.05) is 12.4 Å². The van der Waals surface area contributed by atoms with Crippen LogP contribution in [-0.4, -0.2) is 25.0 Å². The Morgan fingerprint density at radius 2 is 1.84 bits per heavy atom. The number of carbonyl (C=O) groups is 2. The molecule has 0 aromatic heterocycles. The van der Waals surface area contributed by atoms with Crippen molar-refractivity contribution in [1.29, 1.82) is 0 Å². The van der Waals surface area contributed by atoms with Gasteiger partial charge in [0.05, 0.1) is 18.4 Å². The number of hydrogen-bond donors (Lipinski definition) is 2. The fraction of sp³-hybridized carbons (Fsp3) is 0.222. The summed E-state index contributed by atoms with van der Waals surface area (Å²) in [5.41, 5.74) is 6.94. The number of anilines is 1. The zero-order valence-corrected chi connectivity index (χ0v) is 14.9. The number of hydrogen-bond acceptors (Lipinski definition) is 4. The van der Waals surface area contributed by atoms with E-state index in [0.717, 1.165) is 5.56 Å². The third-order valence-corrected chi connectivity index (χ3v) is 3.73. The average molecular weight is 363 g/mol. The Bertz CT molecular complexity index is 808. The molecule has 0 unspecified atom stereocenters. The van der Waals surface area contributed by atoms with E-state index in [1.165, 1.54) is 19.2 Å². The van der Waals surface area contributed by atoms with Gasteiger partial charge in [-0.2, -0.15) is 0 Å². The molecule has 1 atom stereocenters. The van der Waals surface area contributed by atoms with E-state index >= 15 is 0 Å². The Hall–Kier alpha value is -2.73. The smallest absolute Gasteiger partial charge is 0.265 e. The minimum Gasteiger partial charge on any atom is -0.495 e. The number of primary amides is 1. The lowest BCUT2D eigenvalue weighted by atomic mass is 10.2. The van der Waals surface area contributed by atoms with Gasteiger partial charge in [0.25, 0.3) is 11.8 Å². The van der Waals surface area contributed by atoms with Gasteiger partial charge in [-0.25, -0.2) is 0 Å². The van der Waals surface area contributed by atoms with Crippen LogP contribution < -0.4 is 20.5 Å². The van der Waals surface area contributed by atoms with E-state index < -0.39 is 17.9 Å². The zero-order chi connectivity index (χ0) is 18.6. The van der Waals surface area contributed by atoms with E-state index in [-0.39, 0.29) is 11.3 Å². The van der Waals surface area contributed by atoms with E-state index in [1.54, 1.807) is 25.1 Å². The van der Waals surface area contributed by atoms with Gasteiger partial charge in [-0.15, -0.1) is 0 Å². The summed E-state index contributed by atoms with van der Waals surface area (Å²) >= 11 is 5.86. The van der Waals surface area contributed by atoms with Crippen LogP contribution in [0.4, 0.5) is 5.69 Å². The number of nitrogens with one attached hydrogen (secondary N) is 1. The molecule has 3 N–H and O–H groups in total. The second kappa shape index (κ2) is 7.90. The Balaban J connectivity index is 2.17. The first-order chi connectivity index (χ1) is 11.8. The molecule has 0 aliphatic heterocycles. The SMILES string of the molecule is COc1ccc(C)cc1NC(=O)[C@H](C)Oc1ccc(Cl)cc1C(N)=O. The molecule has 6 nitrogen and oxygen atoms in total. The molecule has 0 radical (unpaired) electrons. The molecule has 0 saturated heterocycles. The van der Waals surface area contributed by atoms with Crippen molar-refractivity contribution in [2.24, 2.45) is 5.73 Å². The summed E-state index contributed by atoms with van der Waals surface area (Å²) in [6.45, 7) is 3.47. The second-order valence-corrected chi connectivity index (χ2v) is 5.89. The molecule has 2 rings (SSSR count). The molecule has 2 aromatic carbocycles. The molecule has 2 aromatic rings. The number of halogens is 1. The largest absolute Gasteiger partial charge is 0.495 e. The van der Waals surface area contributed by atoms with E-state index in [4.69, 9.17) is 26.8 Å². The van der Waals surface area contributed by atoms with Gasteiger partial charge >= 0.3 is 0 Å². The van der Waals surface area contributed by atoms with Gasteiger partial charge in [0.1, 0.15) is 11.5 Å². The highest BCUT2D eigenvalue weighted by atomic mass is 35.5. The highest BCUT2D eigenvalue weighted by Crippen LogP contribution is 2.27. The molecule has 0 heterocycles. The molecule has 0 aliphatic rings. The van der Waals surface area contributed by atoms with Crippen molar-refractivity contribution < 1.29 is 19.1 Å². The summed E-state index contributed by atoms with van der Waals surface area (Å²) < 4.78 is 10.8. The highest BCUT2D eigenvalue weighted by molar-refractivity contribution is 6.31. The Morgan fingerprint density at radius 3 is 2.48 bits per heavy atom. The normalized spacial score (nSPS) is 11.5. The van der Waals surface area contributed by atoms with E-state index in [2.05, 4.69) is 5.32 Å². The fourth-order valence-corrected chi connectivity index (χ4v) is 2.37. The van der Waals surface area contributed by atoms with Crippen molar-refractivity contribution in [3.8, 4) is 11.5 Å². The van der Waals surface area contributed by atoms with Gasteiger partial charge in [0.15, 0.2) is 6.10 Å². The van der Waals surface area contributed by atoms with Crippen LogP contribution in [-0.2, 0) is 4.79 Å². The predicted octanol–water partition coefficient (Wildman–Crippen LogP) is 3.16. The molecule has 2 amide bonds. The Morgan fingerprint density at radius 1 is 1.16 bits per heavy atom. The molecule has 132 valence electrons. The summed E-state index contributed by atoms with van der Waals surface area (Å²) in [5.74, 6) is -0.356. The number of rotatable bonds is 6. The molecular weight excluding hydrogens is 344 g/mol. The molecule has 0 aliphatic carbocycles. The number of nitrogens with two attached hydrogens (primary N) is 1. The maximum absolute atomic E-state index is 12.4. The maximum Gasteiger partial charge on any atom is 0.265 e. The summed E-state index contributed by atoms with van der Waals surface area (Å²) in [6.07, 6.45) is -0.871. The van der Waals surface area contributed by atoms with Crippen molar-refractivity contribution in [1.82, 2.24) is 0 Å². The van der Waals surface area contributed by atoms with Gasteiger partial charge < -0.3 is 20.5 Å². The lowest BCUT2D eigenvalue weighted by molar-refractivity contribution is -0.122. The fourth-order valence-electron chi connectivity index (χ4n) is 2.20. The third kappa shape index (κ3) is 4.64. The number of aryl methyl sites for hydroxylation is 1. The first-order valence-electron chi connectivity index (χ1n) is 7.53. The van der Waals surface area contributed by atoms with E-state index in [1.807, 2.05) is 13.0 Å². The first-order valence-corrected chi connectivity index (χ1v) is 7.91. The Kier molecular flexibility index (Phi) is 5.88. The van der Waals surface area contributed by atoms with Crippen LogP contribution in [0.3, 0.4) is 0 Å². The van der Waals surface area contributed by atoms with Gasteiger partial charge in [-0.1, -0.05) is 17.7 Å². The van der Waals surface area contributed by atoms with Crippen LogP contribution in [0.1, 0.15) is 22.8 Å². The first kappa shape index (κ1) is 18.6. The van der Waals surface area contributed by atoms with Crippen molar-refractivity contribution in [3.05, 3.63) is 52.5 Å². The molecule has 0 saturated carbocycles. The van der Waals surface area contributed by atoms with Crippen LogP contribution in [0.25, 0.3) is 0 Å². The number of ether oxygens (including phenoxy) is 2. The maximum atomic E-state index is 12.4. The van der Waals surface area contributed by atoms with Crippen LogP contribution in [0.15, 0.2) is 36.4 Å². The van der Waals surface area contributed by atoms with E-state index in [9.17, 15) is 9.59 Å². The molecule has 7 heteroatoms. The van der Waals surface area contributed by atoms with Crippen molar-refractivity contribution in [3.63, 3.8) is 0 Å². The number of amides is 2. The number of carbonyl (C=O) groups excluding carboxylic acids is 2. The van der Waals surface area contributed by atoms with Gasteiger partial charge in [0, 0.05) is 5.02 Å². The highest BCUT2D eigenvalue weighted by Gasteiger charge is 2.19. The van der Waals surface area contributed by atoms with Crippen LogP contribution in [0, 0.1) is 6.92 Å². The van der Waals surface area contributed by atoms with Crippen molar-refractivity contribution in [2.45, 2.75) is 20.0 Å². The van der Waals surface area contributed by atoms with Gasteiger partial charge in [0.2, 0.25) is 0 Å². The standard InChI is InChI=1S/C18H19ClN2O4/c1-10-4-6-16(24-3)14(8-10)21-18(23)11(2)25-15-7-5-12(19)9-13(15)17(20)22/h4-9,11H,1-3H3,(H2,20,22)(H,21,23)/t11-/m0/s1. The summed E-state index contributed by atoms with van der Waals surface area (Å²) in [6, 6.07) is 9.88. The lowest BCUT2D eigenvalue weighted by Crippen LogP contribution is -2.31. The van der Waals surface area contributed by atoms with E-state index in [0.29, 0.717) is 16.5 Å². The minimum absolute atomic E-state index is 0.111.